The van der Waals surface area contributed by atoms with Crippen LogP contribution >= 0.6 is 11.6 Å². The van der Waals surface area contributed by atoms with Crippen LogP contribution in [0.25, 0.3) is 0 Å². The van der Waals surface area contributed by atoms with Gasteiger partial charge >= 0.3 is 6.03 Å². The molecule has 1 heterocycles. The molecule has 3 aliphatic rings. The number of aryl methyl sites for hydroxylation is 1. The van der Waals surface area contributed by atoms with Crippen molar-refractivity contribution in [1.82, 2.24) is 5.32 Å². The average molecular weight is 465 g/mol. The topological polar surface area (TPSA) is 109 Å². The monoisotopic (exact) mass is 464 g/mol. The number of nitrogens with one attached hydrogen (secondary N) is 2. The Bertz CT molecular complexity index is 1130. The number of halogens is 1. The minimum atomic E-state index is -3.80. The molecule has 0 saturated heterocycles. The van der Waals surface area contributed by atoms with Gasteiger partial charge in [0.2, 0.25) is 0 Å². The first-order valence-electron chi connectivity index (χ1n) is 10.7. The van der Waals surface area contributed by atoms with Crippen LogP contribution in [0.4, 0.5) is 10.5 Å². The summed E-state index contributed by atoms with van der Waals surface area (Å²) in [6.45, 7) is 0. The largest absolute Gasteiger partial charge is 0.504 e. The first-order valence-corrected chi connectivity index (χ1v) is 12.6. The summed E-state index contributed by atoms with van der Waals surface area (Å²) in [6, 6.07) is 3.88. The summed E-state index contributed by atoms with van der Waals surface area (Å²) in [5.74, 6) is 0.222. The molecule has 1 atom stereocenters. The van der Waals surface area contributed by atoms with Crippen molar-refractivity contribution in [3.63, 3.8) is 0 Å². The fourth-order valence-electron chi connectivity index (χ4n) is 5.24. The van der Waals surface area contributed by atoms with Gasteiger partial charge in [-0.25, -0.2) is 13.2 Å². The fourth-order valence-corrected chi connectivity index (χ4v) is 7.91. The number of benzene rings is 1. The van der Waals surface area contributed by atoms with Crippen molar-refractivity contribution in [3.05, 3.63) is 40.8 Å². The summed E-state index contributed by atoms with van der Waals surface area (Å²) in [6.07, 6.45) is 8.68. The normalized spacial score (nSPS) is 22.3. The molecule has 0 bridgehead atoms. The number of sulfone groups is 1. The van der Waals surface area contributed by atoms with Crippen molar-refractivity contribution >= 4 is 33.2 Å². The van der Waals surface area contributed by atoms with Crippen molar-refractivity contribution in [2.75, 3.05) is 5.32 Å². The minimum Gasteiger partial charge on any atom is -0.504 e. The maximum absolute atomic E-state index is 13.2. The molecule has 5 rings (SSSR count). The van der Waals surface area contributed by atoms with Crippen LogP contribution in [0.3, 0.4) is 0 Å². The van der Waals surface area contributed by atoms with Crippen molar-refractivity contribution in [2.24, 2.45) is 5.41 Å². The van der Waals surface area contributed by atoms with Crippen LogP contribution in [-0.4, -0.2) is 24.8 Å². The predicted octanol–water partition coefficient (Wildman–Crippen LogP) is 4.94. The van der Waals surface area contributed by atoms with E-state index >= 15 is 0 Å². The summed E-state index contributed by atoms with van der Waals surface area (Å²) >= 11 is 6.19. The van der Waals surface area contributed by atoms with Gasteiger partial charge in [-0.1, -0.05) is 18.0 Å². The maximum Gasteiger partial charge on any atom is 0.319 e. The molecule has 1 aromatic heterocycles. The number of carbonyl (C=O) groups excluding carboxylic acids is 1. The van der Waals surface area contributed by atoms with E-state index in [-0.39, 0.29) is 27.1 Å². The summed E-state index contributed by atoms with van der Waals surface area (Å²) in [5.41, 5.74) is 1.25. The van der Waals surface area contributed by atoms with Gasteiger partial charge in [-0.15, -0.1) is 0 Å². The minimum absolute atomic E-state index is 0.00799. The quantitative estimate of drug-likeness (QED) is 0.555. The van der Waals surface area contributed by atoms with E-state index in [1.54, 1.807) is 6.26 Å². The third-order valence-electron chi connectivity index (χ3n) is 7.13. The van der Waals surface area contributed by atoms with E-state index in [1.807, 2.05) is 6.07 Å². The number of phenols is 1. The van der Waals surface area contributed by atoms with Gasteiger partial charge in [-0.3, -0.25) is 0 Å². The standard InChI is InChI=1S/C22H25ClN2O5S/c23-15-5-6-16(24-21(27)25-17-4-1-3-13-7-10-30-19(13)17)18(26)20(15)31(28,29)14-11-22(12-14)8-2-9-22/h5-7,10,14,17,26H,1-4,8-9,11-12H2,(H2,24,25,27)/t17-/m0/s1. The van der Waals surface area contributed by atoms with Gasteiger partial charge in [-0.2, -0.15) is 0 Å². The van der Waals surface area contributed by atoms with E-state index < -0.39 is 26.9 Å². The Kier molecular flexibility index (Phi) is 4.97. The Morgan fingerprint density at radius 1 is 1.19 bits per heavy atom. The molecule has 1 spiro atoms. The molecular weight excluding hydrogens is 440 g/mol. The number of hydrogen-bond acceptors (Lipinski definition) is 5. The van der Waals surface area contributed by atoms with Crippen LogP contribution in [0.15, 0.2) is 33.8 Å². The van der Waals surface area contributed by atoms with Crippen LogP contribution in [0.1, 0.15) is 62.3 Å². The smallest absolute Gasteiger partial charge is 0.319 e. The number of amides is 2. The Balaban J connectivity index is 1.33. The maximum atomic E-state index is 13.2. The third-order valence-corrected chi connectivity index (χ3v) is 9.75. The molecule has 9 heteroatoms. The van der Waals surface area contributed by atoms with Crippen molar-refractivity contribution in [3.8, 4) is 5.75 Å². The van der Waals surface area contributed by atoms with E-state index in [1.165, 1.54) is 12.1 Å². The lowest BCUT2D eigenvalue weighted by Gasteiger charge is -2.53. The zero-order valence-corrected chi connectivity index (χ0v) is 18.6. The van der Waals surface area contributed by atoms with Gasteiger partial charge < -0.3 is 20.2 Å². The molecule has 7 nitrogen and oxygen atoms in total. The Morgan fingerprint density at radius 3 is 2.68 bits per heavy atom. The lowest BCUT2D eigenvalue weighted by Crippen LogP contribution is -2.49. The van der Waals surface area contributed by atoms with E-state index in [4.69, 9.17) is 16.0 Å². The van der Waals surface area contributed by atoms with Crippen molar-refractivity contribution in [1.29, 1.82) is 0 Å². The van der Waals surface area contributed by atoms with Crippen LogP contribution in [0, 0.1) is 5.41 Å². The Labute approximate surface area is 186 Å². The molecule has 3 N–H and O–H groups in total. The number of urea groups is 1. The van der Waals surface area contributed by atoms with Gasteiger partial charge in [0.05, 0.1) is 28.3 Å². The first kappa shape index (κ1) is 20.7. The van der Waals surface area contributed by atoms with E-state index in [2.05, 4.69) is 10.6 Å². The summed E-state index contributed by atoms with van der Waals surface area (Å²) < 4.78 is 31.8. The fraction of sp³-hybridized carbons (Fsp3) is 0.500. The van der Waals surface area contributed by atoms with Gasteiger partial charge in [0.25, 0.3) is 0 Å². The summed E-state index contributed by atoms with van der Waals surface area (Å²) in [7, 11) is -3.80. The van der Waals surface area contributed by atoms with E-state index in [0.717, 1.165) is 49.8 Å². The molecule has 166 valence electrons. The predicted molar refractivity (Wildman–Crippen MR) is 116 cm³/mol. The molecular formula is C22H25ClN2O5S. The molecule has 1 aromatic carbocycles. The Morgan fingerprint density at radius 2 is 1.97 bits per heavy atom. The highest BCUT2D eigenvalue weighted by Gasteiger charge is 2.53. The molecule has 0 aliphatic heterocycles. The number of rotatable bonds is 4. The number of furan rings is 1. The molecule has 0 unspecified atom stereocenters. The zero-order chi connectivity index (χ0) is 21.8. The van der Waals surface area contributed by atoms with E-state index in [0.29, 0.717) is 12.8 Å². The number of fused-ring (bicyclic) bond motifs is 1. The molecule has 3 aliphatic carbocycles. The van der Waals surface area contributed by atoms with Crippen LogP contribution in [-0.2, 0) is 16.3 Å². The number of hydrogen-bond donors (Lipinski definition) is 3. The first-order chi connectivity index (χ1) is 14.8. The lowest BCUT2D eigenvalue weighted by atomic mass is 9.56. The molecule has 2 saturated carbocycles. The molecule has 2 aromatic rings. The molecule has 2 amide bonds. The number of carbonyl (C=O) groups is 1. The second-order valence-corrected chi connectivity index (χ2v) is 11.6. The number of phenolic OH excluding ortho intramolecular Hbond substituents is 1. The summed E-state index contributed by atoms with van der Waals surface area (Å²) in [4.78, 5) is 12.3. The van der Waals surface area contributed by atoms with Crippen molar-refractivity contribution < 1.29 is 22.7 Å². The van der Waals surface area contributed by atoms with E-state index in [9.17, 15) is 18.3 Å². The van der Waals surface area contributed by atoms with Gasteiger partial charge in [0.15, 0.2) is 15.6 Å². The van der Waals surface area contributed by atoms with Gasteiger partial charge in [0, 0.05) is 0 Å². The number of aromatic hydroxyl groups is 1. The van der Waals surface area contributed by atoms with Crippen molar-refractivity contribution in [2.45, 2.75) is 67.6 Å². The van der Waals surface area contributed by atoms with Gasteiger partial charge in [-0.05, 0) is 74.1 Å². The Hall–Kier alpha value is -2.19. The van der Waals surface area contributed by atoms with Crippen LogP contribution in [0.5, 0.6) is 5.75 Å². The lowest BCUT2D eigenvalue weighted by molar-refractivity contribution is 0.0351. The second-order valence-electron chi connectivity index (χ2n) is 9.05. The highest BCUT2D eigenvalue weighted by molar-refractivity contribution is 7.92. The molecule has 0 radical (unpaired) electrons. The highest BCUT2D eigenvalue weighted by Crippen LogP contribution is 2.59. The number of anilines is 1. The summed E-state index contributed by atoms with van der Waals surface area (Å²) in [5, 5.41) is 15.6. The average Bonchev–Trinajstić information content (AvgIpc) is 3.11. The third kappa shape index (κ3) is 3.49. The van der Waals surface area contributed by atoms with Gasteiger partial charge in [0.1, 0.15) is 10.7 Å². The van der Waals surface area contributed by atoms with Crippen LogP contribution < -0.4 is 10.6 Å². The SMILES string of the molecule is O=C(Nc1ccc(Cl)c(S(=O)(=O)C2CC3(CCC3)C2)c1O)N[C@H]1CCCc2ccoc21. The second kappa shape index (κ2) is 7.45. The highest BCUT2D eigenvalue weighted by atomic mass is 35.5. The molecule has 31 heavy (non-hydrogen) atoms. The van der Waals surface area contributed by atoms with Crippen LogP contribution in [0.2, 0.25) is 5.02 Å². The molecule has 2 fully saturated rings. The zero-order valence-electron chi connectivity index (χ0n) is 17.0.